The van der Waals surface area contributed by atoms with Gasteiger partial charge in [-0.1, -0.05) is 50.2 Å². The molecule has 0 saturated carbocycles. The number of amides is 4. The summed E-state index contributed by atoms with van der Waals surface area (Å²) in [7, 11) is 0. The number of carbonyl (C=O) groups is 5. The molecule has 13 nitrogen and oxygen atoms in total. The van der Waals surface area contributed by atoms with Crippen molar-refractivity contribution in [1.82, 2.24) is 25.9 Å². The van der Waals surface area contributed by atoms with Crippen LogP contribution in [0.3, 0.4) is 0 Å². The molecule has 4 aromatic rings. The highest BCUT2D eigenvalue weighted by Crippen LogP contribution is 2.20. The molecule has 0 saturated heterocycles. The summed E-state index contributed by atoms with van der Waals surface area (Å²) in [6.45, 7) is 3.75. The average molecular weight is 632 g/mol. The molecule has 4 rings (SSSR count). The number of benzene rings is 2. The molecule has 10 N–H and O–H groups in total. The zero-order valence-electron chi connectivity index (χ0n) is 25.8. The van der Waals surface area contributed by atoms with Crippen molar-refractivity contribution in [3.8, 4) is 0 Å². The molecule has 0 aliphatic heterocycles. The lowest BCUT2D eigenvalue weighted by molar-refractivity contribution is -0.142. The molecular formula is C33H41N7O6. The fourth-order valence-electron chi connectivity index (χ4n) is 5.43. The summed E-state index contributed by atoms with van der Waals surface area (Å²) in [6, 6.07) is 10.4. The second-order valence-corrected chi connectivity index (χ2v) is 11.9. The van der Waals surface area contributed by atoms with Crippen LogP contribution < -0.4 is 27.4 Å². The Morgan fingerprint density at radius 1 is 0.739 bits per heavy atom. The molecule has 0 aliphatic rings. The quantitative estimate of drug-likeness (QED) is 0.0911. The number of carbonyl (C=O) groups excluding carboxylic acids is 4. The number of carboxylic acids is 1. The van der Waals surface area contributed by atoms with E-state index in [1.165, 1.54) is 0 Å². The number of hydrogen-bond acceptors (Lipinski definition) is 6. The lowest BCUT2D eigenvalue weighted by atomic mass is 10.00. The van der Waals surface area contributed by atoms with E-state index in [2.05, 4.69) is 25.9 Å². The van der Waals surface area contributed by atoms with Gasteiger partial charge in [0.1, 0.15) is 18.1 Å². The number of aromatic amines is 2. The van der Waals surface area contributed by atoms with Gasteiger partial charge in [-0.2, -0.15) is 0 Å². The van der Waals surface area contributed by atoms with E-state index in [4.69, 9.17) is 11.5 Å². The fraction of sp³-hybridized carbons (Fsp3) is 0.364. The van der Waals surface area contributed by atoms with Gasteiger partial charge in [-0.25, -0.2) is 4.79 Å². The average Bonchev–Trinajstić information content (AvgIpc) is 3.62. The second-order valence-electron chi connectivity index (χ2n) is 11.9. The van der Waals surface area contributed by atoms with Crippen LogP contribution in [-0.4, -0.2) is 68.8 Å². The van der Waals surface area contributed by atoms with Crippen molar-refractivity contribution in [2.45, 2.75) is 70.1 Å². The van der Waals surface area contributed by atoms with Gasteiger partial charge in [0.15, 0.2) is 0 Å². The number of carboxylic acid groups (broad SMARTS) is 1. The summed E-state index contributed by atoms with van der Waals surface area (Å²) < 4.78 is 0. The van der Waals surface area contributed by atoms with E-state index >= 15 is 0 Å². The number of rotatable bonds is 16. The Balaban J connectivity index is 1.45. The van der Waals surface area contributed by atoms with Crippen LogP contribution in [0.15, 0.2) is 60.9 Å². The molecule has 2 heterocycles. The van der Waals surface area contributed by atoms with Crippen LogP contribution >= 0.6 is 0 Å². The molecule has 4 unspecified atom stereocenters. The van der Waals surface area contributed by atoms with E-state index in [9.17, 15) is 29.1 Å². The predicted octanol–water partition coefficient (Wildman–Crippen LogP) is 1.61. The summed E-state index contributed by atoms with van der Waals surface area (Å²) in [6.07, 6.45) is 3.50. The lowest BCUT2D eigenvalue weighted by Crippen LogP contribution is -2.57. The maximum absolute atomic E-state index is 13.5. The molecule has 0 spiro atoms. The molecule has 0 fully saturated rings. The molecule has 2 aromatic carbocycles. The summed E-state index contributed by atoms with van der Waals surface area (Å²) in [4.78, 5) is 70.1. The minimum atomic E-state index is -1.33. The van der Waals surface area contributed by atoms with Gasteiger partial charge in [-0.05, 0) is 48.4 Å². The summed E-state index contributed by atoms with van der Waals surface area (Å²) in [5.74, 6) is -4.01. The van der Waals surface area contributed by atoms with Crippen molar-refractivity contribution in [3.63, 3.8) is 0 Å². The number of aromatic nitrogens is 2. The molecule has 13 heteroatoms. The van der Waals surface area contributed by atoms with Crippen LogP contribution in [0.4, 0.5) is 0 Å². The van der Waals surface area contributed by atoms with E-state index in [-0.39, 0.29) is 38.0 Å². The first-order chi connectivity index (χ1) is 21.9. The van der Waals surface area contributed by atoms with Gasteiger partial charge in [0.2, 0.25) is 23.6 Å². The molecule has 4 atom stereocenters. The highest BCUT2D eigenvalue weighted by molar-refractivity contribution is 5.95. The zero-order chi connectivity index (χ0) is 33.4. The van der Waals surface area contributed by atoms with Crippen LogP contribution in [0.5, 0.6) is 0 Å². The minimum Gasteiger partial charge on any atom is -0.480 e. The Hall–Kier alpha value is -5.17. The summed E-state index contributed by atoms with van der Waals surface area (Å²) >= 11 is 0. The number of hydrogen-bond donors (Lipinski definition) is 8. The first-order valence-corrected chi connectivity index (χ1v) is 15.2. The number of aliphatic carboxylic acids is 1. The number of nitrogens with one attached hydrogen (secondary N) is 5. The Kier molecular flexibility index (Phi) is 11.2. The highest BCUT2D eigenvalue weighted by atomic mass is 16.4. The molecule has 46 heavy (non-hydrogen) atoms. The molecular weight excluding hydrogens is 590 g/mol. The van der Waals surface area contributed by atoms with E-state index < -0.39 is 53.8 Å². The highest BCUT2D eigenvalue weighted by Gasteiger charge is 2.31. The Morgan fingerprint density at radius 2 is 1.24 bits per heavy atom. The molecule has 0 aliphatic carbocycles. The standard InChI is InChI=1S/C33H41N7O6/c1-18(2)13-27(39-30(42)23(34)14-19-16-36-24-9-5-3-7-21(19)24)32(44)38-26(11-12-29(35)41)31(43)40-28(33(45)46)15-20-17-37-25-10-6-4-8-22(20)25/h3-10,16-18,23,26-28,36-37H,11-15,34H2,1-2H3,(H2,35,41)(H,38,44)(H,39,42)(H,40,43)(H,45,46). The van der Waals surface area contributed by atoms with E-state index in [0.29, 0.717) is 5.56 Å². The van der Waals surface area contributed by atoms with Crippen molar-refractivity contribution >= 4 is 51.4 Å². The van der Waals surface area contributed by atoms with Gasteiger partial charge in [-0.3, -0.25) is 19.2 Å². The van der Waals surface area contributed by atoms with Crippen LogP contribution in [0.1, 0.15) is 44.2 Å². The second kappa shape index (κ2) is 15.2. The van der Waals surface area contributed by atoms with Gasteiger partial charge in [0, 0.05) is 47.0 Å². The van der Waals surface area contributed by atoms with Gasteiger partial charge in [0.05, 0.1) is 6.04 Å². The normalized spacial score (nSPS) is 14.0. The lowest BCUT2D eigenvalue weighted by Gasteiger charge is -2.26. The maximum Gasteiger partial charge on any atom is 0.326 e. The van der Waals surface area contributed by atoms with E-state index in [0.717, 1.165) is 27.4 Å². The van der Waals surface area contributed by atoms with Crippen molar-refractivity contribution in [2.75, 3.05) is 0 Å². The minimum absolute atomic E-state index is 0.0219. The number of fused-ring (bicyclic) bond motifs is 2. The number of para-hydroxylation sites is 2. The van der Waals surface area contributed by atoms with E-state index in [1.807, 2.05) is 62.4 Å². The topological polar surface area (TPSA) is 225 Å². The SMILES string of the molecule is CC(C)CC(NC(=O)C(N)Cc1c[nH]c2ccccc12)C(=O)NC(CCC(N)=O)C(=O)NC(Cc1c[nH]c2ccccc12)C(=O)O. The van der Waals surface area contributed by atoms with Crippen molar-refractivity contribution in [1.29, 1.82) is 0 Å². The Labute approximate surface area is 265 Å². The monoisotopic (exact) mass is 631 g/mol. The van der Waals surface area contributed by atoms with Crippen LogP contribution in [0.25, 0.3) is 21.8 Å². The molecule has 244 valence electrons. The van der Waals surface area contributed by atoms with Crippen molar-refractivity contribution < 1.29 is 29.1 Å². The first-order valence-electron chi connectivity index (χ1n) is 15.2. The van der Waals surface area contributed by atoms with Crippen molar-refractivity contribution in [3.05, 3.63) is 72.1 Å². The zero-order valence-corrected chi connectivity index (χ0v) is 25.8. The fourth-order valence-corrected chi connectivity index (χ4v) is 5.43. The third-order valence-corrected chi connectivity index (χ3v) is 7.82. The maximum atomic E-state index is 13.5. The largest absolute Gasteiger partial charge is 0.480 e. The number of H-pyrrole nitrogens is 2. The molecule has 0 bridgehead atoms. The van der Waals surface area contributed by atoms with Gasteiger partial charge < -0.3 is 42.5 Å². The summed E-state index contributed by atoms with van der Waals surface area (Å²) in [5.41, 5.74) is 14.8. The van der Waals surface area contributed by atoms with Crippen LogP contribution in [0.2, 0.25) is 0 Å². The number of primary amides is 1. The number of nitrogens with two attached hydrogens (primary N) is 2. The Morgan fingerprint density at radius 3 is 1.78 bits per heavy atom. The smallest absolute Gasteiger partial charge is 0.326 e. The van der Waals surface area contributed by atoms with Gasteiger partial charge in [-0.15, -0.1) is 0 Å². The third kappa shape index (κ3) is 8.72. The van der Waals surface area contributed by atoms with Crippen LogP contribution in [0, 0.1) is 5.92 Å². The van der Waals surface area contributed by atoms with E-state index in [1.54, 1.807) is 12.4 Å². The molecule has 4 amide bonds. The third-order valence-electron chi connectivity index (χ3n) is 7.82. The van der Waals surface area contributed by atoms with Gasteiger partial charge >= 0.3 is 5.97 Å². The first kappa shape index (κ1) is 33.7. The predicted molar refractivity (Wildman–Crippen MR) is 173 cm³/mol. The molecule has 2 aromatic heterocycles. The van der Waals surface area contributed by atoms with Crippen molar-refractivity contribution in [2.24, 2.45) is 17.4 Å². The Bertz CT molecular complexity index is 1710. The van der Waals surface area contributed by atoms with Gasteiger partial charge in [0.25, 0.3) is 0 Å². The molecule has 0 radical (unpaired) electrons. The van der Waals surface area contributed by atoms with Crippen LogP contribution in [-0.2, 0) is 36.8 Å². The summed E-state index contributed by atoms with van der Waals surface area (Å²) in [5, 5.41) is 19.5.